The van der Waals surface area contributed by atoms with Crippen LogP contribution < -0.4 is 0 Å². The Morgan fingerprint density at radius 2 is 1.70 bits per heavy atom. The number of carbonyl (C=O) groups excluding carboxylic acids is 2. The van der Waals surface area contributed by atoms with Gasteiger partial charge in [0.2, 0.25) is 0 Å². The van der Waals surface area contributed by atoms with Gasteiger partial charge in [0.25, 0.3) is 0 Å². The molecule has 9 atom stereocenters. The van der Waals surface area contributed by atoms with Crippen LogP contribution in [0.3, 0.4) is 0 Å². The molecule has 5 heteroatoms. The Kier molecular flexibility index (Phi) is 8.73. The van der Waals surface area contributed by atoms with Gasteiger partial charge in [0.15, 0.2) is 0 Å². The zero-order chi connectivity index (χ0) is 27.0. The molecule has 4 fully saturated rings. The second kappa shape index (κ2) is 11.2. The number of aliphatic hydroxyl groups is 1. The fourth-order valence-corrected chi connectivity index (χ4v) is 9.53. The fraction of sp³-hybridized carbons (Fsp3) is 0.938. The van der Waals surface area contributed by atoms with Gasteiger partial charge in [-0.05, 0) is 131 Å². The van der Waals surface area contributed by atoms with E-state index in [0.717, 1.165) is 43.4 Å². The fourth-order valence-electron chi connectivity index (χ4n) is 9.53. The van der Waals surface area contributed by atoms with Crippen LogP contribution in [0.5, 0.6) is 0 Å². The minimum absolute atomic E-state index is 0.0153. The van der Waals surface area contributed by atoms with Crippen LogP contribution >= 0.6 is 0 Å². The summed E-state index contributed by atoms with van der Waals surface area (Å²) in [6, 6.07) is 0. The molecule has 7 unspecified atom stereocenters. The van der Waals surface area contributed by atoms with Crippen LogP contribution in [0.25, 0.3) is 0 Å². The third kappa shape index (κ3) is 5.50. The number of fused-ring (bicyclic) bond motifs is 5. The summed E-state index contributed by atoms with van der Waals surface area (Å²) in [6.07, 6.45) is 13.4. The van der Waals surface area contributed by atoms with Crippen LogP contribution in [-0.4, -0.2) is 36.4 Å². The van der Waals surface area contributed by atoms with Gasteiger partial charge in [-0.15, -0.1) is 0 Å². The normalized spacial score (nSPS) is 40.2. The highest BCUT2D eigenvalue weighted by atomic mass is 16.5. The summed E-state index contributed by atoms with van der Waals surface area (Å²) in [6.45, 7) is 13.6. The summed E-state index contributed by atoms with van der Waals surface area (Å²) in [5, 5.41) is 8.90. The minimum Gasteiger partial charge on any atom is -0.463 e. The molecule has 0 aromatic heterocycles. The molecule has 0 aromatic carbocycles. The van der Waals surface area contributed by atoms with Gasteiger partial charge in [0.05, 0.1) is 12.0 Å². The highest BCUT2D eigenvalue weighted by molar-refractivity contribution is 5.76. The molecule has 0 saturated heterocycles. The van der Waals surface area contributed by atoms with Crippen molar-refractivity contribution in [1.29, 1.82) is 0 Å². The Balaban J connectivity index is 1.38. The van der Waals surface area contributed by atoms with Crippen molar-refractivity contribution >= 4 is 11.9 Å². The van der Waals surface area contributed by atoms with Crippen molar-refractivity contribution in [3.05, 3.63) is 0 Å². The molecule has 0 bridgehead atoms. The number of carbonyl (C=O) groups is 2. The number of rotatable bonds is 9. The second-order valence-corrected chi connectivity index (χ2v) is 14.4. The first-order chi connectivity index (χ1) is 17.5. The standard InChI is InChI=1S/C32H54O5/c1-7-30(3,4)29(35)37-23-14-16-31(5)22(20-23)9-10-24-26-12-11-25(32(26,6)17-15-27(24)31)21(2)8-13-28(34)36-19-18-33/h21-27,33H,7-20H2,1-6H3/t21?,22?,23?,24?,25?,26?,27?,31-,32+/m0/s1. The molecule has 212 valence electrons. The monoisotopic (exact) mass is 518 g/mol. The number of ether oxygens (including phenoxy) is 2. The lowest BCUT2D eigenvalue weighted by Gasteiger charge is -2.61. The highest BCUT2D eigenvalue weighted by Gasteiger charge is 2.60. The number of aliphatic hydroxyl groups excluding tert-OH is 1. The smallest absolute Gasteiger partial charge is 0.311 e. The second-order valence-electron chi connectivity index (χ2n) is 14.4. The number of esters is 2. The summed E-state index contributed by atoms with van der Waals surface area (Å²) in [7, 11) is 0. The van der Waals surface area contributed by atoms with Crippen LogP contribution in [0.1, 0.15) is 119 Å². The predicted octanol–water partition coefficient (Wildman–Crippen LogP) is 6.95. The van der Waals surface area contributed by atoms with E-state index in [2.05, 4.69) is 27.7 Å². The summed E-state index contributed by atoms with van der Waals surface area (Å²) < 4.78 is 11.2. The van der Waals surface area contributed by atoms with E-state index in [4.69, 9.17) is 14.6 Å². The van der Waals surface area contributed by atoms with Crippen molar-refractivity contribution in [2.75, 3.05) is 13.2 Å². The van der Waals surface area contributed by atoms with Gasteiger partial charge >= 0.3 is 11.9 Å². The van der Waals surface area contributed by atoms with E-state index < -0.39 is 0 Å². The maximum absolute atomic E-state index is 12.8. The minimum atomic E-state index is -0.387. The van der Waals surface area contributed by atoms with Gasteiger partial charge in [-0.25, -0.2) is 0 Å². The zero-order valence-corrected chi connectivity index (χ0v) is 24.5. The lowest BCUT2D eigenvalue weighted by Crippen LogP contribution is -2.54. The van der Waals surface area contributed by atoms with Crippen LogP contribution in [-0.2, 0) is 19.1 Å². The quantitative estimate of drug-likeness (QED) is 0.335. The van der Waals surface area contributed by atoms with Crippen molar-refractivity contribution in [3.63, 3.8) is 0 Å². The SMILES string of the molecule is CCC(C)(C)C(=O)OC1CC[C@@]2(C)C(CCC3C4CCC(C(C)CCC(=O)OCCO)[C@@]4(C)CCC32)C1. The topological polar surface area (TPSA) is 72.8 Å². The van der Waals surface area contributed by atoms with E-state index in [1.54, 1.807) is 0 Å². The van der Waals surface area contributed by atoms with Crippen LogP contribution in [0.4, 0.5) is 0 Å². The van der Waals surface area contributed by atoms with E-state index in [1.807, 2.05) is 13.8 Å². The van der Waals surface area contributed by atoms with E-state index >= 15 is 0 Å². The number of hydrogen-bond acceptors (Lipinski definition) is 5. The van der Waals surface area contributed by atoms with Gasteiger partial charge in [0, 0.05) is 6.42 Å². The van der Waals surface area contributed by atoms with Crippen LogP contribution in [0, 0.1) is 51.8 Å². The predicted molar refractivity (Wildman–Crippen MR) is 146 cm³/mol. The summed E-state index contributed by atoms with van der Waals surface area (Å²) in [5.41, 5.74) is 0.382. The molecule has 4 rings (SSSR count). The van der Waals surface area contributed by atoms with E-state index in [1.165, 1.54) is 44.9 Å². The van der Waals surface area contributed by atoms with Gasteiger partial charge in [-0.2, -0.15) is 0 Å². The molecule has 0 spiro atoms. The van der Waals surface area contributed by atoms with E-state index in [0.29, 0.717) is 35.0 Å². The largest absolute Gasteiger partial charge is 0.463 e. The summed E-state index contributed by atoms with van der Waals surface area (Å²) in [4.78, 5) is 24.8. The molecule has 0 aromatic rings. The third-order valence-corrected chi connectivity index (χ3v) is 12.2. The molecule has 0 heterocycles. The molecule has 1 N–H and O–H groups in total. The Morgan fingerprint density at radius 1 is 1.00 bits per heavy atom. The Morgan fingerprint density at radius 3 is 2.41 bits per heavy atom. The first-order valence-electron chi connectivity index (χ1n) is 15.4. The van der Waals surface area contributed by atoms with Gasteiger partial charge in [0.1, 0.15) is 12.7 Å². The Hall–Kier alpha value is -1.10. The van der Waals surface area contributed by atoms with Crippen molar-refractivity contribution in [2.45, 2.75) is 125 Å². The average Bonchev–Trinajstić information content (AvgIpc) is 3.23. The first kappa shape index (κ1) is 28.9. The molecular weight excluding hydrogens is 464 g/mol. The van der Waals surface area contributed by atoms with Crippen LogP contribution in [0.2, 0.25) is 0 Å². The Labute approximate surface area is 225 Å². The van der Waals surface area contributed by atoms with Gasteiger partial charge in [-0.1, -0.05) is 27.7 Å². The summed E-state index contributed by atoms with van der Waals surface area (Å²) >= 11 is 0. The maximum Gasteiger partial charge on any atom is 0.311 e. The van der Waals surface area contributed by atoms with Crippen molar-refractivity contribution in [1.82, 2.24) is 0 Å². The van der Waals surface area contributed by atoms with Crippen LogP contribution in [0.15, 0.2) is 0 Å². The van der Waals surface area contributed by atoms with Crippen molar-refractivity contribution in [3.8, 4) is 0 Å². The van der Waals surface area contributed by atoms with E-state index in [9.17, 15) is 9.59 Å². The molecule has 0 radical (unpaired) electrons. The summed E-state index contributed by atoms with van der Waals surface area (Å²) in [5.74, 6) is 4.13. The molecule has 0 amide bonds. The molecular formula is C32H54O5. The van der Waals surface area contributed by atoms with Crippen molar-refractivity contribution in [2.24, 2.45) is 51.8 Å². The average molecular weight is 519 g/mol. The molecule has 4 aliphatic rings. The highest BCUT2D eigenvalue weighted by Crippen LogP contribution is 2.68. The lowest BCUT2D eigenvalue weighted by atomic mass is 9.44. The maximum atomic E-state index is 12.8. The molecule has 4 aliphatic carbocycles. The molecule has 37 heavy (non-hydrogen) atoms. The first-order valence-corrected chi connectivity index (χ1v) is 15.4. The van der Waals surface area contributed by atoms with Gasteiger partial charge in [-0.3, -0.25) is 9.59 Å². The third-order valence-electron chi connectivity index (χ3n) is 12.2. The van der Waals surface area contributed by atoms with Gasteiger partial charge < -0.3 is 14.6 Å². The zero-order valence-electron chi connectivity index (χ0n) is 24.5. The molecule has 5 nitrogen and oxygen atoms in total. The van der Waals surface area contributed by atoms with Crippen molar-refractivity contribution < 1.29 is 24.2 Å². The number of hydrogen-bond donors (Lipinski definition) is 1. The molecule has 4 saturated carbocycles. The lowest BCUT2D eigenvalue weighted by molar-refractivity contribution is -0.171. The van der Waals surface area contributed by atoms with E-state index in [-0.39, 0.29) is 36.7 Å². The Bertz CT molecular complexity index is 822. The molecule has 0 aliphatic heterocycles.